The number of hydrogen-bond acceptors (Lipinski definition) is 0. The molecule has 0 spiro atoms. The molecule has 0 radical (unpaired) electrons. The lowest BCUT2D eigenvalue weighted by atomic mass is 10.0. The molecular formula is C20H41Cl3Si. The Morgan fingerprint density at radius 3 is 0.917 bits per heavy atom. The zero-order valence-corrected chi connectivity index (χ0v) is 19.3. The molecular weight excluding hydrogens is 375 g/mol. The monoisotopic (exact) mass is 414 g/mol. The first kappa shape index (κ1) is 25.1. The van der Waals surface area contributed by atoms with Crippen LogP contribution in [0.4, 0.5) is 0 Å². The summed E-state index contributed by atoms with van der Waals surface area (Å²) in [6.45, 7) is 2.29. The van der Waals surface area contributed by atoms with Gasteiger partial charge in [0.25, 0.3) is 0 Å². The fourth-order valence-electron chi connectivity index (χ4n) is 3.23. The van der Waals surface area contributed by atoms with Crippen LogP contribution in [0.25, 0.3) is 0 Å². The highest BCUT2D eigenvalue weighted by molar-refractivity contribution is 7.64. The fourth-order valence-corrected chi connectivity index (χ4v) is 5.08. The summed E-state index contributed by atoms with van der Waals surface area (Å²) in [5.74, 6) is 0. The lowest BCUT2D eigenvalue weighted by Gasteiger charge is -2.07. The molecule has 146 valence electrons. The van der Waals surface area contributed by atoms with E-state index in [4.69, 9.17) is 33.2 Å². The van der Waals surface area contributed by atoms with Crippen molar-refractivity contribution in [3.05, 3.63) is 0 Å². The van der Waals surface area contributed by atoms with E-state index in [1.54, 1.807) is 0 Å². The van der Waals surface area contributed by atoms with E-state index in [-0.39, 0.29) is 0 Å². The SMILES string of the molecule is CCCCCCCCCCCCCCCCCCCC[Si](Cl)(Cl)Cl. The van der Waals surface area contributed by atoms with Crippen molar-refractivity contribution in [3.8, 4) is 0 Å². The first-order valence-corrected chi connectivity index (χ1v) is 15.9. The average Bonchev–Trinajstić information content (AvgIpc) is 2.52. The second-order valence-corrected chi connectivity index (χ2v) is 16.7. The summed E-state index contributed by atoms with van der Waals surface area (Å²) in [4.78, 5) is 0. The Labute approximate surface area is 167 Å². The third-order valence-electron chi connectivity index (χ3n) is 4.81. The first-order chi connectivity index (χ1) is 11.6. The number of hydrogen-bond donors (Lipinski definition) is 0. The van der Waals surface area contributed by atoms with E-state index in [0.717, 1.165) is 12.5 Å². The molecule has 0 saturated heterocycles. The molecule has 0 heterocycles. The standard InChI is InChI=1S/C20H41Cl3Si/c1-2-3-4-5-6-7-8-9-10-11-12-13-14-15-16-17-18-19-20-24(21,22)23/h2-20H2,1H3. The average molecular weight is 416 g/mol. The molecule has 0 aromatic rings. The summed E-state index contributed by atoms with van der Waals surface area (Å²) in [5, 5.41) is 0. The first-order valence-electron chi connectivity index (χ1n) is 10.6. The highest BCUT2D eigenvalue weighted by Crippen LogP contribution is 2.27. The van der Waals surface area contributed by atoms with Crippen molar-refractivity contribution < 1.29 is 0 Å². The van der Waals surface area contributed by atoms with Crippen molar-refractivity contribution in [2.24, 2.45) is 0 Å². The van der Waals surface area contributed by atoms with E-state index in [1.807, 2.05) is 0 Å². The molecule has 4 heteroatoms. The van der Waals surface area contributed by atoms with Gasteiger partial charge in [-0.25, -0.2) is 0 Å². The van der Waals surface area contributed by atoms with Gasteiger partial charge in [0.15, 0.2) is 0 Å². The summed E-state index contributed by atoms with van der Waals surface area (Å²) in [6, 6.07) is -1.52. The molecule has 0 unspecified atom stereocenters. The zero-order valence-electron chi connectivity index (χ0n) is 16.1. The van der Waals surface area contributed by atoms with Crippen molar-refractivity contribution >= 4 is 39.2 Å². The van der Waals surface area contributed by atoms with Crippen LogP contribution in [-0.2, 0) is 0 Å². The maximum atomic E-state index is 5.88. The van der Waals surface area contributed by atoms with Crippen molar-refractivity contribution in [2.45, 2.75) is 129 Å². The van der Waals surface area contributed by atoms with Crippen LogP contribution in [0.1, 0.15) is 122 Å². The van der Waals surface area contributed by atoms with E-state index < -0.39 is 6.00 Å². The minimum Gasteiger partial charge on any atom is -0.126 e. The molecule has 24 heavy (non-hydrogen) atoms. The summed E-state index contributed by atoms with van der Waals surface area (Å²) in [7, 11) is 0. The smallest absolute Gasteiger partial charge is 0.126 e. The Balaban J connectivity index is 3.00. The molecule has 0 saturated carbocycles. The number of unbranched alkanes of at least 4 members (excludes halogenated alkanes) is 17. The van der Waals surface area contributed by atoms with Crippen molar-refractivity contribution in [2.75, 3.05) is 0 Å². The van der Waals surface area contributed by atoms with E-state index in [2.05, 4.69) is 6.92 Å². The van der Waals surface area contributed by atoms with Crippen LogP contribution in [0.15, 0.2) is 0 Å². The Hall–Kier alpha value is 1.09. The number of rotatable bonds is 19. The molecule has 0 aliphatic heterocycles. The Morgan fingerprint density at radius 1 is 0.417 bits per heavy atom. The van der Waals surface area contributed by atoms with Crippen molar-refractivity contribution in [1.29, 1.82) is 0 Å². The summed E-state index contributed by atoms with van der Waals surface area (Å²) in [6.07, 6.45) is 25.1. The van der Waals surface area contributed by atoms with Crippen LogP contribution >= 0.6 is 33.2 Å². The van der Waals surface area contributed by atoms with Gasteiger partial charge in [-0.05, 0) is 6.04 Å². The van der Waals surface area contributed by atoms with E-state index >= 15 is 0 Å². The maximum absolute atomic E-state index is 5.88. The van der Waals surface area contributed by atoms with Crippen LogP contribution in [0.3, 0.4) is 0 Å². The van der Waals surface area contributed by atoms with Crippen LogP contribution in [-0.4, -0.2) is 6.00 Å². The van der Waals surface area contributed by atoms with Gasteiger partial charge in [0.05, 0.1) is 0 Å². The Kier molecular flexibility index (Phi) is 19.7. The van der Waals surface area contributed by atoms with Gasteiger partial charge in [0.1, 0.15) is 0 Å². The molecule has 0 amide bonds. The molecule has 0 rings (SSSR count). The van der Waals surface area contributed by atoms with Gasteiger partial charge in [-0.15, -0.1) is 33.2 Å². The zero-order chi connectivity index (χ0) is 17.9. The third kappa shape index (κ3) is 23.1. The molecule has 0 nitrogen and oxygen atoms in total. The van der Waals surface area contributed by atoms with Gasteiger partial charge in [-0.2, -0.15) is 0 Å². The minimum atomic E-state index is -2.35. The maximum Gasteiger partial charge on any atom is 0.341 e. The third-order valence-corrected chi connectivity index (χ3v) is 7.44. The fraction of sp³-hybridized carbons (Fsp3) is 1.00. The van der Waals surface area contributed by atoms with Crippen LogP contribution < -0.4 is 0 Å². The van der Waals surface area contributed by atoms with E-state index in [0.29, 0.717) is 0 Å². The molecule has 0 aromatic carbocycles. The minimum absolute atomic E-state index is 0.830. The second kappa shape index (κ2) is 18.9. The predicted octanol–water partition coefficient (Wildman–Crippen LogP) is 9.68. The van der Waals surface area contributed by atoms with Crippen LogP contribution in [0.5, 0.6) is 0 Å². The predicted molar refractivity (Wildman–Crippen MR) is 117 cm³/mol. The molecule has 0 fully saturated rings. The van der Waals surface area contributed by atoms with Gasteiger partial charge >= 0.3 is 6.00 Å². The van der Waals surface area contributed by atoms with Crippen molar-refractivity contribution in [1.82, 2.24) is 0 Å². The lowest BCUT2D eigenvalue weighted by Crippen LogP contribution is -2.07. The number of halogens is 3. The quantitative estimate of drug-likeness (QED) is 0.112. The van der Waals surface area contributed by atoms with E-state index in [9.17, 15) is 0 Å². The summed E-state index contributed by atoms with van der Waals surface area (Å²) in [5.41, 5.74) is 0. The molecule has 0 aromatic heterocycles. The second-order valence-electron chi connectivity index (χ2n) is 7.38. The summed E-state index contributed by atoms with van der Waals surface area (Å²) < 4.78 is 0. The van der Waals surface area contributed by atoms with Gasteiger partial charge < -0.3 is 0 Å². The molecule has 0 bridgehead atoms. The largest absolute Gasteiger partial charge is 0.341 e. The van der Waals surface area contributed by atoms with Crippen molar-refractivity contribution in [3.63, 3.8) is 0 Å². The molecule has 0 N–H and O–H groups in total. The lowest BCUT2D eigenvalue weighted by molar-refractivity contribution is 0.526. The topological polar surface area (TPSA) is 0 Å². The highest BCUT2D eigenvalue weighted by atomic mass is 35.8. The summed E-state index contributed by atoms with van der Waals surface area (Å²) >= 11 is 17.6. The van der Waals surface area contributed by atoms with Crippen LogP contribution in [0.2, 0.25) is 6.04 Å². The van der Waals surface area contributed by atoms with Gasteiger partial charge in [-0.1, -0.05) is 122 Å². The molecule has 0 aliphatic carbocycles. The highest BCUT2D eigenvalue weighted by Gasteiger charge is 2.23. The molecule has 0 aliphatic rings. The Morgan fingerprint density at radius 2 is 0.667 bits per heavy atom. The van der Waals surface area contributed by atoms with Gasteiger partial charge in [0.2, 0.25) is 0 Å². The Bertz CT molecular complexity index is 242. The van der Waals surface area contributed by atoms with E-state index in [1.165, 1.54) is 109 Å². The van der Waals surface area contributed by atoms with Gasteiger partial charge in [0, 0.05) is 0 Å². The normalized spacial score (nSPS) is 12.0. The van der Waals surface area contributed by atoms with Crippen LogP contribution in [0, 0.1) is 0 Å². The molecule has 0 atom stereocenters. The van der Waals surface area contributed by atoms with Gasteiger partial charge in [-0.3, -0.25) is 0 Å².